The molecule has 0 spiro atoms. The van der Waals surface area contributed by atoms with Crippen molar-refractivity contribution < 1.29 is 18.0 Å². The van der Waals surface area contributed by atoms with Gasteiger partial charge in [0.1, 0.15) is 12.6 Å². The summed E-state index contributed by atoms with van der Waals surface area (Å²) in [5, 5.41) is 2.86. The van der Waals surface area contributed by atoms with Crippen LogP contribution < -0.4 is 9.62 Å². The maximum absolute atomic E-state index is 13.8. The van der Waals surface area contributed by atoms with Crippen LogP contribution in [0.3, 0.4) is 0 Å². The molecule has 0 bridgehead atoms. The number of hydrogen-bond donors (Lipinski definition) is 1. The standard InChI is InChI=1S/C29H35N3O4S/c1-22(2)30-29(34)24(4)31(20-19-25-11-7-5-8-12-25)28(33)21-32(26-13-9-6-10-14-26)37(35,36)27-17-15-23(3)16-18-27/h5-18,22,24H,19-21H2,1-4H3,(H,30,34)/t24-/m0/s1. The lowest BCUT2D eigenvalue weighted by molar-refractivity contribution is -0.139. The molecule has 0 saturated heterocycles. The normalized spacial score (nSPS) is 12.1. The van der Waals surface area contributed by atoms with Crippen molar-refractivity contribution in [3.8, 4) is 0 Å². The molecule has 0 unspecified atom stereocenters. The summed E-state index contributed by atoms with van der Waals surface area (Å²) in [6.45, 7) is 7.08. The molecule has 0 heterocycles. The van der Waals surface area contributed by atoms with Gasteiger partial charge in [0.2, 0.25) is 11.8 Å². The van der Waals surface area contributed by atoms with Gasteiger partial charge in [-0.15, -0.1) is 0 Å². The third-order valence-corrected chi connectivity index (χ3v) is 7.80. The molecule has 0 aliphatic rings. The van der Waals surface area contributed by atoms with Crippen molar-refractivity contribution in [2.75, 3.05) is 17.4 Å². The van der Waals surface area contributed by atoms with E-state index in [1.807, 2.05) is 51.1 Å². The number of hydrogen-bond acceptors (Lipinski definition) is 4. The zero-order valence-electron chi connectivity index (χ0n) is 21.8. The van der Waals surface area contributed by atoms with Crippen molar-refractivity contribution in [1.29, 1.82) is 0 Å². The molecule has 0 radical (unpaired) electrons. The van der Waals surface area contributed by atoms with Crippen molar-refractivity contribution in [3.05, 3.63) is 96.1 Å². The van der Waals surface area contributed by atoms with Gasteiger partial charge < -0.3 is 10.2 Å². The largest absolute Gasteiger partial charge is 0.352 e. The van der Waals surface area contributed by atoms with Crippen molar-refractivity contribution >= 4 is 27.5 Å². The number of carbonyl (C=O) groups is 2. The van der Waals surface area contributed by atoms with Gasteiger partial charge in [0, 0.05) is 12.6 Å². The molecule has 3 rings (SSSR count). The van der Waals surface area contributed by atoms with Gasteiger partial charge in [-0.1, -0.05) is 66.2 Å². The van der Waals surface area contributed by atoms with Crippen LogP contribution in [0.1, 0.15) is 31.9 Å². The Labute approximate surface area is 220 Å². The van der Waals surface area contributed by atoms with Crippen molar-refractivity contribution in [1.82, 2.24) is 10.2 Å². The zero-order chi connectivity index (χ0) is 27.0. The predicted molar refractivity (Wildman–Crippen MR) is 147 cm³/mol. The second kappa shape index (κ2) is 12.5. The Kier molecular flexibility index (Phi) is 9.47. The Bertz CT molecular complexity index is 1280. The smallest absolute Gasteiger partial charge is 0.264 e. The van der Waals surface area contributed by atoms with Crippen LogP contribution in [0.15, 0.2) is 89.8 Å². The maximum atomic E-state index is 13.8. The molecule has 7 nitrogen and oxygen atoms in total. The Morgan fingerprint density at radius 3 is 1.97 bits per heavy atom. The highest BCUT2D eigenvalue weighted by Crippen LogP contribution is 2.24. The molecule has 0 aliphatic carbocycles. The number of para-hydroxylation sites is 1. The number of aryl methyl sites for hydroxylation is 1. The summed E-state index contributed by atoms with van der Waals surface area (Å²) in [5.74, 6) is -0.744. The summed E-state index contributed by atoms with van der Waals surface area (Å²) in [4.78, 5) is 28.2. The number of nitrogens with zero attached hydrogens (tertiary/aromatic N) is 2. The van der Waals surface area contributed by atoms with Gasteiger partial charge in [-0.3, -0.25) is 13.9 Å². The van der Waals surface area contributed by atoms with Crippen LogP contribution in [-0.4, -0.2) is 50.3 Å². The molecule has 0 fully saturated rings. The molecule has 37 heavy (non-hydrogen) atoms. The molecule has 2 amide bonds. The number of sulfonamides is 1. The van der Waals surface area contributed by atoms with Crippen LogP contribution in [0.5, 0.6) is 0 Å². The SMILES string of the molecule is Cc1ccc(S(=O)(=O)N(CC(=O)N(CCc2ccccc2)[C@@H](C)C(=O)NC(C)C)c2ccccc2)cc1. The Balaban J connectivity index is 1.94. The van der Waals surface area contributed by atoms with Gasteiger partial charge in [0.15, 0.2) is 0 Å². The first kappa shape index (κ1) is 27.9. The predicted octanol–water partition coefficient (Wildman–Crippen LogP) is 4.17. The molecule has 1 N–H and O–H groups in total. The fraction of sp³-hybridized carbons (Fsp3) is 0.310. The van der Waals surface area contributed by atoms with Gasteiger partial charge >= 0.3 is 0 Å². The zero-order valence-corrected chi connectivity index (χ0v) is 22.6. The molecular weight excluding hydrogens is 486 g/mol. The first-order chi connectivity index (χ1) is 17.6. The second-order valence-corrected chi connectivity index (χ2v) is 11.2. The minimum atomic E-state index is -4.05. The van der Waals surface area contributed by atoms with Gasteiger partial charge in [-0.05, 0) is 63.9 Å². The van der Waals surface area contributed by atoms with Crippen molar-refractivity contribution in [2.24, 2.45) is 0 Å². The topological polar surface area (TPSA) is 86.8 Å². The molecule has 8 heteroatoms. The number of rotatable bonds is 11. The van der Waals surface area contributed by atoms with E-state index in [-0.39, 0.29) is 23.4 Å². The third kappa shape index (κ3) is 7.43. The summed E-state index contributed by atoms with van der Waals surface area (Å²) < 4.78 is 28.5. The van der Waals surface area contributed by atoms with Crippen LogP contribution in [0.4, 0.5) is 5.69 Å². The van der Waals surface area contributed by atoms with E-state index in [0.29, 0.717) is 12.1 Å². The lowest BCUT2D eigenvalue weighted by Gasteiger charge is -2.32. The Hall–Kier alpha value is -3.65. The quantitative estimate of drug-likeness (QED) is 0.410. The van der Waals surface area contributed by atoms with E-state index in [4.69, 9.17) is 0 Å². The lowest BCUT2D eigenvalue weighted by Crippen LogP contribution is -2.53. The van der Waals surface area contributed by atoms with Crippen LogP contribution in [0.25, 0.3) is 0 Å². The average Bonchev–Trinajstić information content (AvgIpc) is 2.88. The van der Waals surface area contributed by atoms with Gasteiger partial charge in [-0.2, -0.15) is 0 Å². The molecule has 0 saturated carbocycles. The first-order valence-corrected chi connectivity index (χ1v) is 13.8. The first-order valence-electron chi connectivity index (χ1n) is 12.4. The van der Waals surface area contributed by atoms with E-state index < -0.39 is 28.5 Å². The number of amides is 2. The van der Waals surface area contributed by atoms with Crippen LogP contribution >= 0.6 is 0 Å². The van der Waals surface area contributed by atoms with Crippen molar-refractivity contribution in [3.63, 3.8) is 0 Å². The highest BCUT2D eigenvalue weighted by Gasteiger charge is 2.32. The molecule has 3 aromatic rings. The fourth-order valence-electron chi connectivity index (χ4n) is 3.94. The van der Waals surface area contributed by atoms with Gasteiger partial charge in [0.25, 0.3) is 10.0 Å². The molecule has 1 atom stereocenters. The van der Waals surface area contributed by atoms with E-state index in [2.05, 4.69) is 5.32 Å². The highest BCUT2D eigenvalue weighted by molar-refractivity contribution is 7.92. The summed E-state index contributed by atoms with van der Waals surface area (Å²) in [7, 11) is -4.05. The molecule has 3 aromatic carbocycles. The molecule has 196 valence electrons. The monoisotopic (exact) mass is 521 g/mol. The van der Waals surface area contributed by atoms with E-state index in [9.17, 15) is 18.0 Å². The summed E-state index contributed by atoms with van der Waals surface area (Å²) in [5.41, 5.74) is 2.32. The summed E-state index contributed by atoms with van der Waals surface area (Å²) in [6, 6.07) is 23.9. The summed E-state index contributed by atoms with van der Waals surface area (Å²) in [6.07, 6.45) is 0.530. The van der Waals surface area contributed by atoms with Crippen molar-refractivity contribution in [2.45, 2.75) is 51.1 Å². The van der Waals surface area contributed by atoms with E-state index >= 15 is 0 Å². The molecular formula is C29H35N3O4S. The van der Waals surface area contributed by atoms with Gasteiger partial charge in [-0.25, -0.2) is 8.42 Å². The number of benzene rings is 3. The lowest BCUT2D eigenvalue weighted by atomic mass is 10.1. The van der Waals surface area contributed by atoms with E-state index in [0.717, 1.165) is 15.4 Å². The number of anilines is 1. The second-order valence-electron chi connectivity index (χ2n) is 9.32. The van der Waals surface area contributed by atoms with Crippen LogP contribution in [0.2, 0.25) is 0 Å². The van der Waals surface area contributed by atoms with Crippen LogP contribution in [-0.2, 0) is 26.0 Å². The average molecular weight is 522 g/mol. The van der Waals surface area contributed by atoms with E-state index in [1.54, 1.807) is 49.4 Å². The third-order valence-electron chi connectivity index (χ3n) is 6.01. The Morgan fingerprint density at radius 1 is 0.838 bits per heavy atom. The minimum absolute atomic E-state index is 0.0937. The fourth-order valence-corrected chi connectivity index (χ4v) is 5.35. The molecule has 0 aromatic heterocycles. The van der Waals surface area contributed by atoms with Crippen LogP contribution in [0, 0.1) is 6.92 Å². The minimum Gasteiger partial charge on any atom is -0.352 e. The maximum Gasteiger partial charge on any atom is 0.264 e. The van der Waals surface area contributed by atoms with Gasteiger partial charge in [0.05, 0.1) is 10.6 Å². The number of nitrogens with one attached hydrogen (secondary N) is 1. The highest BCUT2D eigenvalue weighted by atomic mass is 32.2. The summed E-state index contributed by atoms with van der Waals surface area (Å²) >= 11 is 0. The number of carbonyl (C=O) groups excluding carboxylic acids is 2. The van der Waals surface area contributed by atoms with E-state index in [1.165, 1.54) is 17.0 Å². The molecule has 0 aliphatic heterocycles. The Morgan fingerprint density at radius 2 is 1.41 bits per heavy atom.